The van der Waals surface area contributed by atoms with Crippen LogP contribution in [0.5, 0.6) is 0 Å². The van der Waals surface area contributed by atoms with E-state index in [2.05, 4.69) is 0 Å². The van der Waals surface area contributed by atoms with Gasteiger partial charge in [0.2, 0.25) is 0 Å². The van der Waals surface area contributed by atoms with Gasteiger partial charge in [-0.2, -0.15) is 0 Å². The lowest BCUT2D eigenvalue weighted by atomic mass is 10.1. The van der Waals surface area contributed by atoms with Crippen molar-refractivity contribution < 1.29 is 13.6 Å². The van der Waals surface area contributed by atoms with Crippen LogP contribution >= 0.6 is 11.6 Å². The van der Waals surface area contributed by atoms with Crippen molar-refractivity contribution in [1.82, 2.24) is 4.98 Å². The molecule has 0 radical (unpaired) electrons. The monoisotopic (exact) mass is 221 g/mol. The Morgan fingerprint density at radius 2 is 2.21 bits per heavy atom. The van der Waals surface area contributed by atoms with Crippen LogP contribution in [0.4, 0.5) is 8.78 Å². The Balaban J connectivity index is 3.42. The Kier molecular flexibility index (Phi) is 3.35. The quantitative estimate of drug-likeness (QED) is 0.626. The van der Waals surface area contributed by atoms with Gasteiger partial charge in [0.1, 0.15) is 0 Å². The van der Waals surface area contributed by atoms with Crippen molar-refractivity contribution >= 4 is 17.9 Å². The molecule has 6 heteroatoms. The number of carbonyl (C=O) groups is 1. The third kappa shape index (κ3) is 1.98. The first-order valence-electron chi connectivity index (χ1n) is 3.65. The maximum Gasteiger partial charge on any atom is 0.269 e. The average Bonchev–Trinajstić information content (AvgIpc) is 2.15. The van der Waals surface area contributed by atoms with Gasteiger partial charge in [0.15, 0.2) is 6.29 Å². The molecule has 0 aromatic carbocycles. The fraction of sp³-hybridized carbons (Fsp3) is 0.250. The Morgan fingerprint density at radius 1 is 1.57 bits per heavy atom. The molecule has 0 bridgehead atoms. The number of aldehydes is 1. The molecule has 0 unspecified atom stereocenters. The molecular formula is C8H6ClF2NO2. The molecule has 1 rings (SSSR count). The molecule has 1 N–H and O–H groups in total. The third-order valence-electron chi connectivity index (χ3n) is 1.67. The van der Waals surface area contributed by atoms with Crippen molar-refractivity contribution in [1.29, 1.82) is 0 Å². The van der Waals surface area contributed by atoms with Crippen LogP contribution in [0.15, 0.2) is 10.9 Å². The van der Waals surface area contributed by atoms with Crippen molar-refractivity contribution in [3.8, 4) is 0 Å². The van der Waals surface area contributed by atoms with Gasteiger partial charge in [0.05, 0.1) is 11.3 Å². The minimum atomic E-state index is -2.90. The van der Waals surface area contributed by atoms with Gasteiger partial charge in [0, 0.05) is 5.88 Å². The minimum absolute atomic E-state index is 0.0208. The predicted molar refractivity (Wildman–Crippen MR) is 47.0 cm³/mol. The first-order chi connectivity index (χ1) is 6.60. The molecule has 3 nitrogen and oxygen atoms in total. The molecule has 0 aliphatic rings. The second-order valence-electron chi connectivity index (χ2n) is 2.54. The summed E-state index contributed by atoms with van der Waals surface area (Å²) in [5, 5.41) is 0. The number of nitrogens with one attached hydrogen (secondary N) is 1. The average molecular weight is 222 g/mol. The number of carbonyl (C=O) groups excluding carboxylic acids is 1. The van der Waals surface area contributed by atoms with E-state index in [-0.39, 0.29) is 17.1 Å². The van der Waals surface area contributed by atoms with E-state index in [0.717, 1.165) is 6.07 Å². The molecule has 1 aromatic heterocycles. The van der Waals surface area contributed by atoms with Gasteiger partial charge >= 0.3 is 0 Å². The van der Waals surface area contributed by atoms with Crippen LogP contribution in [0.3, 0.4) is 0 Å². The van der Waals surface area contributed by atoms with Gasteiger partial charge < -0.3 is 4.98 Å². The molecule has 0 fully saturated rings. The van der Waals surface area contributed by atoms with Crippen LogP contribution in [0.1, 0.15) is 28.0 Å². The van der Waals surface area contributed by atoms with Crippen molar-refractivity contribution in [2.45, 2.75) is 12.3 Å². The van der Waals surface area contributed by atoms with Gasteiger partial charge in [-0.25, -0.2) is 8.78 Å². The molecule has 0 saturated carbocycles. The normalized spacial score (nSPS) is 10.6. The zero-order chi connectivity index (χ0) is 10.7. The van der Waals surface area contributed by atoms with Crippen LogP contribution in [0.25, 0.3) is 0 Å². The Bertz CT molecular complexity index is 403. The molecule has 0 amide bonds. The second kappa shape index (κ2) is 4.32. The van der Waals surface area contributed by atoms with Gasteiger partial charge in [-0.3, -0.25) is 9.59 Å². The zero-order valence-corrected chi connectivity index (χ0v) is 7.65. The topological polar surface area (TPSA) is 49.9 Å². The van der Waals surface area contributed by atoms with E-state index in [0.29, 0.717) is 6.29 Å². The largest absolute Gasteiger partial charge is 0.319 e. The maximum atomic E-state index is 12.3. The van der Waals surface area contributed by atoms with E-state index in [9.17, 15) is 18.4 Å². The van der Waals surface area contributed by atoms with E-state index >= 15 is 0 Å². The molecule has 0 atom stereocenters. The van der Waals surface area contributed by atoms with Gasteiger partial charge in [0.25, 0.3) is 12.0 Å². The fourth-order valence-corrected chi connectivity index (χ4v) is 1.28. The van der Waals surface area contributed by atoms with E-state index in [4.69, 9.17) is 11.6 Å². The minimum Gasteiger partial charge on any atom is -0.319 e. The summed E-state index contributed by atoms with van der Waals surface area (Å²) in [6, 6.07) is 1.14. The highest BCUT2D eigenvalue weighted by atomic mass is 35.5. The summed E-state index contributed by atoms with van der Waals surface area (Å²) < 4.78 is 24.7. The zero-order valence-electron chi connectivity index (χ0n) is 6.89. The summed E-state index contributed by atoms with van der Waals surface area (Å²) in [6.45, 7) is 0. The number of rotatable bonds is 3. The summed E-state index contributed by atoms with van der Waals surface area (Å²) in [5.41, 5.74) is -1.73. The van der Waals surface area contributed by atoms with Crippen LogP contribution in [0.2, 0.25) is 0 Å². The van der Waals surface area contributed by atoms with Crippen molar-refractivity contribution in [3.63, 3.8) is 0 Å². The van der Waals surface area contributed by atoms with Crippen molar-refractivity contribution in [2.24, 2.45) is 0 Å². The van der Waals surface area contributed by atoms with Crippen molar-refractivity contribution in [2.75, 3.05) is 0 Å². The second-order valence-corrected chi connectivity index (χ2v) is 2.81. The highest BCUT2D eigenvalue weighted by molar-refractivity contribution is 6.17. The number of H-pyrrole nitrogens is 1. The van der Waals surface area contributed by atoms with Crippen LogP contribution < -0.4 is 5.56 Å². The number of aromatic nitrogens is 1. The van der Waals surface area contributed by atoms with Gasteiger partial charge in [-0.1, -0.05) is 0 Å². The summed E-state index contributed by atoms with van der Waals surface area (Å²) in [4.78, 5) is 23.4. The molecule has 14 heavy (non-hydrogen) atoms. The molecule has 1 aromatic rings. The van der Waals surface area contributed by atoms with Crippen LogP contribution in [0, 0.1) is 0 Å². The number of alkyl halides is 3. The first-order valence-corrected chi connectivity index (χ1v) is 4.19. The molecule has 0 aliphatic carbocycles. The Morgan fingerprint density at radius 3 is 2.64 bits per heavy atom. The fourth-order valence-electron chi connectivity index (χ4n) is 1.06. The third-order valence-corrected chi connectivity index (χ3v) is 1.96. The first kappa shape index (κ1) is 10.8. The molecular weight excluding hydrogens is 216 g/mol. The molecule has 0 aliphatic heterocycles. The highest BCUT2D eigenvalue weighted by Crippen LogP contribution is 2.20. The standard InChI is InChI=1S/C8H6ClF2NO2/c9-2-4-1-5(3-13)12-8(14)6(4)7(10)11/h1,3,7H,2H2,(H,12,14). The lowest BCUT2D eigenvalue weighted by Crippen LogP contribution is -2.17. The SMILES string of the molecule is O=Cc1cc(CCl)c(C(F)F)c(=O)[nH]1. The Hall–Kier alpha value is -1.23. The summed E-state index contributed by atoms with van der Waals surface area (Å²) in [6.07, 6.45) is -2.53. The molecule has 0 saturated heterocycles. The number of hydrogen-bond donors (Lipinski definition) is 1. The molecule has 1 heterocycles. The molecule has 76 valence electrons. The van der Waals surface area contributed by atoms with E-state index in [1.165, 1.54) is 0 Å². The number of aromatic amines is 1. The smallest absolute Gasteiger partial charge is 0.269 e. The van der Waals surface area contributed by atoms with Crippen LogP contribution in [-0.2, 0) is 5.88 Å². The lowest BCUT2D eigenvalue weighted by Gasteiger charge is -2.04. The van der Waals surface area contributed by atoms with E-state index < -0.39 is 17.5 Å². The number of hydrogen-bond acceptors (Lipinski definition) is 2. The maximum absolute atomic E-state index is 12.3. The summed E-state index contributed by atoms with van der Waals surface area (Å²) >= 11 is 5.38. The Labute approximate surface area is 82.7 Å². The van der Waals surface area contributed by atoms with Crippen molar-refractivity contribution in [3.05, 3.63) is 33.2 Å². The van der Waals surface area contributed by atoms with E-state index in [1.54, 1.807) is 0 Å². The highest BCUT2D eigenvalue weighted by Gasteiger charge is 2.17. The summed E-state index contributed by atoms with van der Waals surface area (Å²) in [7, 11) is 0. The van der Waals surface area contributed by atoms with Crippen LogP contribution in [-0.4, -0.2) is 11.3 Å². The predicted octanol–water partition coefficient (Wildman–Crippen LogP) is 1.86. The van der Waals surface area contributed by atoms with Gasteiger partial charge in [-0.15, -0.1) is 11.6 Å². The van der Waals surface area contributed by atoms with E-state index in [1.807, 2.05) is 4.98 Å². The number of halogens is 3. The lowest BCUT2D eigenvalue weighted by molar-refractivity contribution is 0.111. The van der Waals surface area contributed by atoms with Gasteiger partial charge in [-0.05, 0) is 11.6 Å². The number of pyridine rings is 1. The molecule has 0 spiro atoms. The summed E-state index contributed by atoms with van der Waals surface area (Å²) in [5.74, 6) is -0.232.